The van der Waals surface area contributed by atoms with Crippen molar-refractivity contribution in [2.75, 3.05) is 27.2 Å². The highest BCUT2D eigenvalue weighted by Crippen LogP contribution is 2.26. The van der Waals surface area contributed by atoms with Gasteiger partial charge in [0.2, 0.25) is 5.91 Å². The van der Waals surface area contributed by atoms with Crippen LogP contribution in [0.4, 0.5) is 0 Å². The second kappa shape index (κ2) is 9.68. The molecule has 0 atom stereocenters. The number of ether oxygens (including phenoxy) is 1. The van der Waals surface area contributed by atoms with E-state index >= 15 is 0 Å². The molecule has 0 fully saturated rings. The molecule has 0 saturated carbocycles. The first-order valence-corrected chi connectivity index (χ1v) is 10.9. The number of aromatic nitrogens is 2. The second-order valence-corrected chi connectivity index (χ2v) is 7.77. The number of benzene rings is 2. The van der Waals surface area contributed by atoms with E-state index in [4.69, 9.17) is 4.74 Å². The molecular formula is C25H28N4O3. The molecule has 1 aromatic heterocycles. The number of hydrogen-bond donors (Lipinski definition) is 1. The van der Waals surface area contributed by atoms with Gasteiger partial charge in [-0.3, -0.25) is 9.59 Å². The zero-order valence-electron chi connectivity index (χ0n) is 18.5. The summed E-state index contributed by atoms with van der Waals surface area (Å²) in [6.45, 7) is 1.75. The molecule has 1 aliphatic heterocycles. The van der Waals surface area contributed by atoms with E-state index in [1.165, 1.54) is 0 Å². The average molecular weight is 433 g/mol. The summed E-state index contributed by atoms with van der Waals surface area (Å²) in [4.78, 5) is 32.1. The molecule has 0 spiro atoms. The predicted molar refractivity (Wildman–Crippen MR) is 123 cm³/mol. The van der Waals surface area contributed by atoms with Crippen molar-refractivity contribution in [3.8, 4) is 17.1 Å². The van der Waals surface area contributed by atoms with E-state index in [2.05, 4.69) is 14.9 Å². The number of fused-ring (bicyclic) bond motifs is 1. The van der Waals surface area contributed by atoms with E-state index < -0.39 is 0 Å². The fraction of sp³-hybridized carbons (Fsp3) is 0.320. The molecule has 0 aliphatic carbocycles. The number of nitrogens with one attached hydrogen (secondary N) is 1. The van der Waals surface area contributed by atoms with Crippen molar-refractivity contribution in [2.24, 2.45) is 0 Å². The van der Waals surface area contributed by atoms with E-state index in [1.54, 1.807) is 14.2 Å². The van der Waals surface area contributed by atoms with Crippen LogP contribution >= 0.6 is 0 Å². The van der Waals surface area contributed by atoms with Crippen LogP contribution in [-0.4, -0.2) is 53.5 Å². The number of aryl methyl sites for hydroxylation is 1. The molecule has 7 nitrogen and oxygen atoms in total. The number of carbonyl (C=O) groups is 2. The van der Waals surface area contributed by atoms with Gasteiger partial charge < -0.3 is 19.5 Å². The lowest BCUT2D eigenvalue weighted by molar-refractivity contribution is -0.131. The first kappa shape index (κ1) is 21.6. The van der Waals surface area contributed by atoms with Crippen LogP contribution < -0.4 is 10.1 Å². The van der Waals surface area contributed by atoms with Gasteiger partial charge in [0, 0.05) is 45.1 Å². The summed E-state index contributed by atoms with van der Waals surface area (Å²) in [5.74, 6) is 1.48. The fourth-order valence-corrected chi connectivity index (χ4v) is 4.22. The molecular weight excluding hydrogens is 404 g/mol. The lowest BCUT2D eigenvalue weighted by atomic mass is 10.1. The normalized spacial score (nSPS) is 13.2. The van der Waals surface area contributed by atoms with Crippen LogP contribution in [0.1, 0.15) is 28.2 Å². The molecule has 0 saturated heterocycles. The first-order valence-electron chi connectivity index (χ1n) is 10.9. The molecule has 0 bridgehead atoms. The lowest BCUT2D eigenvalue weighted by Gasteiger charge is -2.20. The maximum absolute atomic E-state index is 13.0. The van der Waals surface area contributed by atoms with Crippen LogP contribution in [-0.2, 0) is 24.2 Å². The Balaban J connectivity index is 1.52. The van der Waals surface area contributed by atoms with Gasteiger partial charge in [-0.25, -0.2) is 4.98 Å². The van der Waals surface area contributed by atoms with Crippen LogP contribution in [0.3, 0.4) is 0 Å². The number of imidazole rings is 1. The number of amides is 2. The quantitative estimate of drug-likeness (QED) is 0.650. The third kappa shape index (κ3) is 4.37. The zero-order chi connectivity index (χ0) is 22.5. The Labute approximate surface area is 188 Å². The number of methoxy groups -OCH3 is 1. The first-order chi connectivity index (χ1) is 15.6. The predicted octanol–water partition coefficient (Wildman–Crippen LogP) is 2.94. The molecule has 7 heteroatoms. The fourth-order valence-electron chi connectivity index (χ4n) is 4.22. The number of carbonyl (C=O) groups excluding carboxylic acids is 2. The van der Waals surface area contributed by atoms with E-state index in [1.807, 2.05) is 59.5 Å². The summed E-state index contributed by atoms with van der Waals surface area (Å²) in [5, 5.41) is 2.69. The highest BCUT2D eigenvalue weighted by molar-refractivity contribution is 5.94. The highest BCUT2D eigenvalue weighted by atomic mass is 16.5. The Morgan fingerprint density at radius 2 is 1.78 bits per heavy atom. The van der Waals surface area contributed by atoms with Gasteiger partial charge in [-0.1, -0.05) is 48.5 Å². The molecule has 1 N–H and O–H groups in total. The highest BCUT2D eigenvalue weighted by Gasteiger charge is 2.27. The molecule has 2 heterocycles. The molecule has 166 valence electrons. The van der Waals surface area contributed by atoms with Crippen molar-refractivity contribution in [3.63, 3.8) is 0 Å². The van der Waals surface area contributed by atoms with Gasteiger partial charge in [-0.15, -0.1) is 0 Å². The molecule has 4 rings (SSSR count). The Morgan fingerprint density at radius 1 is 1.03 bits per heavy atom. The summed E-state index contributed by atoms with van der Waals surface area (Å²) in [6.07, 6.45) is 1.64. The molecule has 0 unspecified atom stereocenters. The smallest absolute Gasteiger partial charge is 0.271 e. The monoisotopic (exact) mass is 432 g/mol. The minimum absolute atomic E-state index is 0.109. The largest absolute Gasteiger partial charge is 0.496 e. The van der Waals surface area contributed by atoms with E-state index in [9.17, 15) is 9.59 Å². The molecule has 1 aliphatic rings. The summed E-state index contributed by atoms with van der Waals surface area (Å²) in [7, 11) is 3.26. The van der Waals surface area contributed by atoms with Crippen LogP contribution in [0.15, 0.2) is 54.6 Å². The van der Waals surface area contributed by atoms with E-state index in [-0.39, 0.29) is 11.8 Å². The SMILES string of the molecule is CNC(=O)c1nc(-c2ccccc2)n2c1CCN(C(=O)CCc1ccccc1OC)CC2. The Hall–Kier alpha value is -3.61. The average Bonchev–Trinajstić information content (AvgIpc) is 3.06. The van der Waals surface area contributed by atoms with Gasteiger partial charge in [0.05, 0.1) is 12.8 Å². The number of para-hydroxylation sites is 1. The molecule has 2 amide bonds. The zero-order valence-corrected chi connectivity index (χ0v) is 18.5. The number of hydrogen-bond acceptors (Lipinski definition) is 4. The van der Waals surface area contributed by atoms with Crippen LogP contribution in [0, 0.1) is 0 Å². The summed E-state index contributed by atoms with van der Waals surface area (Å²) >= 11 is 0. The maximum atomic E-state index is 13.0. The summed E-state index contributed by atoms with van der Waals surface area (Å²) in [6, 6.07) is 17.6. The molecule has 2 aromatic carbocycles. The van der Waals surface area contributed by atoms with Crippen molar-refractivity contribution in [3.05, 3.63) is 71.5 Å². The van der Waals surface area contributed by atoms with Crippen LogP contribution in [0.25, 0.3) is 11.4 Å². The standard InChI is InChI=1S/C25H28N4O3/c1-26-25(31)23-20-14-15-28(22(30)13-12-18-8-6-7-11-21(18)32-2)16-17-29(20)24(27-23)19-9-4-3-5-10-19/h3-11H,12-17H2,1-2H3,(H,26,31). The minimum atomic E-state index is -0.202. The van der Waals surface area contributed by atoms with Crippen molar-refractivity contribution in [1.82, 2.24) is 19.8 Å². The van der Waals surface area contributed by atoms with Crippen molar-refractivity contribution in [1.29, 1.82) is 0 Å². The molecule has 32 heavy (non-hydrogen) atoms. The Bertz CT molecular complexity index is 1110. The second-order valence-electron chi connectivity index (χ2n) is 7.77. The van der Waals surface area contributed by atoms with Crippen molar-refractivity contribution in [2.45, 2.75) is 25.8 Å². The van der Waals surface area contributed by atoms with Gasteiger partial charge >= 0.3 is 0 Å². The van der Waals surface area contributed by atoms with Crippen molar-refractivity contribution >= 4 is 11.8 Å². The van der Waals surface area contributed by atoms with E-state index in [0.717, 1.165) is 28.4 Å². The number of rotatable bonds is 6. The number of nitrogens with zero attached hydrogens (tertiary/aromatic N) is 3. The van der Waals surface area contributed by atoms with Gasteiger partial charge in [-0.05, 0) is 18.1 Å². The van der Waals surface area contributed by atoms with Gasteiger partial charge in [-0.2, -0.15) is 0 Å². The Kier molecular flexibility index (Phi) is 6.54. The lowest BCUT2D eigenvalue weighted by Crippen LogP contribution is -2.34. The van der Waals surface area contributed by atoms with Crippen molar-refractivity contribution < 1.29 is 14.3 Å². The van der Waals surface area contributed by atoms with Gasteiger partial charge in [0.1, 0.15) is 17.3 Å². The Morgan fingerprint density at radius 3 is 2.53 bits per heavy atom. The third-order valence-corrected chi connectivity index (χ3v) is 5.91. The summed E-state index contributed by atoms with van der Waals surface area (Å²) in [5.41, 5.74) is 3.31. The maximum Gasteiger partial charge on any atom is 0.271 e. The van der Waals surface area contributed by atoms with Gasteiger partial charge in [0.25, 0.3) is 5.91 Å². The van der Waals surface area contributed by atoms with Crippen LogP contribution in [0.2, 0.25) is 0 Å². The topological polar surface area (TPSA) is 76.5 Å². The third-order valence-electron chi connectivity index (χ3n) is 5.91. The van der Waals surface area contributed by atoms with E-state index in [0.29, 0.717) is 44.6 Å². The van der Waals surface area contributed by atoms with Gasteiger partial charge in [0.15, 0.2) is 0 Å². The van der Waals surface area contributed by atoms with Crippen LogP contribution in [0.5, 0.6) is 5.75 Å². The molecule has 0 radical (unpaired) electrons. The summed E-state index contributed by atoms with van der Waals surface area (Å²) < 4.78 is 7.49. The molecule has 3 aromatic rings. The minimum Gasteiger partial charge on any atom is -0.496 e.